The summed E-state index contributed by atoms with van der Waals surface area (Å²) < 4.78 is 5.73. The summed E-state index contributed by atoms with van der Waals surface area (Å²) in [6.07, 6.45) is 5.64. The third-order valence-corrected chi connectivity index (χ3v) is 4.51. The van der Waals surface area contributed by atoms with Crippen LogP contribution in [0.1, 0.15) is 38.5 Å². The van der Waals surface area contributed by atoms with Gasteiger partial charge in [-0.05, 0) is 32.0 Å². The van der Waals surface area contributed by atoms with Crippen LogP contribution in [0.2, 0.25) is 0 Å². The number of hydrogen-bond acceptors (Lipinski definition) is 3. The lowest BCUT2D eigenvalue weighted by Gasteiger charge is -2.43. The van der Waals surface area contributed by atoms with Gasteiger partial charge in [-0.3, -0.25) is 9.69 Å². The summed E-state index contributed by atoms with van der Waals surface area (Å²) in [5, 5.41) is 9.23. The second kappa shape index (κ2) is 7.46. The molecule has 1 saturated carbocycles. The van der Waals surface area contributed by atoms with E-state index in [4.69, 9.17) is 4.74 Å². The number of carbonyl (C=O) groups is 1. The van der Waals surface area contributed by atoms with Gasteiger partial charge in [-0.1, -0.05) is 37.5 Å². The van der Waals surface area contributed by atoms with Crippen molar-refractivity contribution in [3.8, 4) is 5.75 Å². The molecule has 1 aromatic carbocycles. The van der Waals surface area contributed by atoms with Crippen molar-refractivity contribution < 1.29 is 14.6 Å². The molecule has 0 atom stereocenters. The molecule has 2 rings (SSSR count). The number of carboxylic acids is 1. The Labute approximate surface area is 126 Å². The number of likely N-dealkylation sites (N-methyl/N-ethyl adjacent to an activating group) is 1. The van der Waals surface area contributed by atoms with Crippen LogP contribution in [-0.4, -0.2) is 41.7 Å². The van der Waals surface area contributed by atoms with Crippen LogP contribution in [0.25, 0.3) is 0 Å². The van der Waals surface area contributed by atoms with E-state index in [1.165, 1.54) is 6.42 Å². The van der Waals surface area contributed by atoms with Crippen LogP contribution in [-0.2, 0) is 4.79 Å². The maximum absolute atomic E-state index is 11.2. The average Bonchev–Trinajstić information content (AvgIpc) is 2.48. The first-order valence-electron chi connectivity index (χ1n) is 7.73. The van der Waals surface area contributed by atoms with Crippen molar-refractivity contribution in [2.45, 2.75) is 44.1 Å². The molecule has 0 aliphatic heterocycles. The molecule has 1 aliphatic carbocycles. The van der Waals surface area contributed by atoms with Crippen LogP contribution >= 0.6 is 0 Å². The van der Waals surface area contributed by atoms with Gasteiger partial charge in [0, 0.05) is 12.1 Å². The topological polar surface area (TPSA) is 49.8 Å². The van der Waals surface area contributed by atoms with Gasteiger partial charge in [0.2, 0.25) is 0 Å². The average molecular weight is 291 g/mol. The van der Waals surface area contributed by atoms with Gasteiger partial charge < -0.3 is 9.84 Å². The Hall–Kier alpha value is -1.55. The predicted molar refractivity (Wildman–Crippen MR) is 82.6 cm³/mol. The number of aliphatic carboxylic acids is 1. The van der Waals surface area contributed by atoms with E-state index in [2.05, 4.69) is 4.90 Å². The molecule has 0 radical (unpaired) electrons. The largest absolute Gasteiger partial charge is 0.492 e. The van der Waals surface area contributed by atoms with Gasteiger partial charge in [-0.2, -0.15) is 0 Å². The van der Waals surface area contributed by atoms with Gasteiger partial charge in [0.1, 0.15) is 12.4 Å². The SMILES string of the molecule is CN(CCOc1ccccc1)C1(CC(=O)O)CCCCC1. The summed E-state index contributed by atoms with van der Waals surface area (Å²) in [6.45, 7) is 1.34. The maximum atomic E-state index is 11.2. The van der Waals surface area contributed by atoms with Gasteiger partial charge >= 0.3 is 5.97 Å². The zero-order chi connectivity index (χ0) is 15.1. The molecule has 0 unspecified atom stereocenters. The number of hydrogen-bond donors (Lipinski definition) is 1. The molecular weight excluding hydrogens is 266 g/mol. The van der Waals surface area contributed by atoms with Crippen molar-refractivity contribution in [1.29, 1.82) is 0 Å². The first-order chi connectivity index (χ1) is 10.1. The molecule has 1 aromatic rings. The molecule has 1 N–H and O–H groups in total. The smallest absolute Gasteiger partial charge is 0.305 e. The molecule has 1 aliphatic rings. The molecule has 0 heterocycles. The number of ether oxygens (including phenoxy) is 1. The van der Waals surface area contributed by atoms with Gasteiger partial charge in [0.05, 0.1) is 6.42 Å². The number of nitrogens with zero attached hydrogens (tertiary/aromatic N) is 1. The Morgan fingerprint density at radius 3 is 2.52 bits per heavy atom. The van der Waals surface area contributed by atoms with Crippen LogP contribution in [0, 0.1) is 0 Å². The Kier molecular flexibility index (Phi) is 5.62. The third-order valence-electron chi connectivity index (χ3n) is 4.51. The van der Waals surface area contributed by atoms with Gasteiger partial charge in [-0.25, -0.2) is 0 Å². The maximum Gasteiger partial charge on any atom is 0.305 e. The minimum absolute atomic E-state index is 0.190. The van der Waals surface area contributed by atoms with Gasteiger partial charge in [0.25, 0.3) is 0 Å². The molecule has 0 saturated heterocycles. The summed E-state index contributed by atoms with van der Waals surface area (Å²) in [7, 11) is 2.03. The highest BCUT2D eigenvalue weighted by Crippen LogP contribution is 2.35. The standard InChI is InChI=1S/C17H25NO3/c1-18(12-13-21-15-8-4-2-5-9-15)17(14-16(19)20)10-6-3-7-11-17/h2,4-5,8-9H,3,6-7,10-14H2,1H3,(H,19,20). The molecule has 0 aromatic heterocycles. The first-order valence-corrected chi connectivity index (χ1v) is 7.73. The van der Waals surface area contributed by atoms with Crippen LogP contribution in [0.3, 0.4) is 0 Å². The fourth-order valence-corrected chi connectivity index (χ4v) is 3.24. The summed E-state index contributed by atoms with van der Waals surface area (Å²) in [4.78, 5) is 13.4. The zero-order valence-electron chi connectivity index (χ0n) is 12.8. The number of carboxylic acid groups (broad SMARTS) is 1. The van der Waals surface area contributed by atoms with Crippen LogP contribution < -0.4 is 4.74 Å². The van der Waals surface area contributed by atoms with Gasteiger partial charge in [0.15, 0.2) is 0 Å². The highest BCUT2D eigenvalue weighted by Gasteiger charge is 2.37. The van der Waals surface area contributed by atoms with Crippen molar-refractivity contribution in [2.75, 3.05) is 20.2 Å². The van der Waals surface area contributed by atoms with E-state index >= 15 is 0 Å². The van der Waals surface area contributed by atoms with Crippen molar-refractivity contribution in [2.24, 2.45) is 0 Å². The van der Waals surface area contributed by atoms with E-state index in [1.54, 1.807) is 0 Å². The van der Waals surface area contributed by atoms with E-state index in [0.29, 0.717) is 6.61 Å². The normalized spacial score (nSPS) is 17.6. The summed E-state index contributed by atoms with van der Waals surface area (Å²) in [6, 6.07) is 9.74. The van der Waals surface area contributed by atoms with Crippen LogP contribution in [0.5, 0.6) is 5.75 Å². The molecular formula is C17H25NO3. The van der Waals surface area contributed by atoms with E-state index in [-0.39, 0.29) is 12.0 Å². The number of rotatable bonds is 7. The Bertz CT molecular complexity index is 441. The fourth-order valence-electron chi connectivity index (χ4n) is 3.24. The minimum atomic E-state index is -0.701. The quantitative estimate of drug-likeness (QED) is 0.838. The molecule has 21 heavy (non-hydrogen) atoms. The summed E-state index contributed by atoms with van der Waals surface area (Å²) >= 11 is 0. The second-order valence-corrected chi connectivity index (χ2v) is 5.94. The zero-order valence-corrected chi connectivity index (χ0v) is 12.8. The Morgan fingerprint density at radius 1 is 1.24 bits per heavy atom. The number of para-hydroxylation sites is 1. The molecule has 4 nitrogen and oxygen atoms in total. The highest BCUT2D eigenvalue weighted by atomic mass is 16.5. The van der Waals surface area contributed by atoms with E-state index < -0.39 is 5.97 Å². The van der Waals surface area contributed by atoms with Crippen molar-refractivity contribution in [3.63, 3.8) is 0 Å². The monoisotopic (exact) mass is 291 g/mol. The van der Waals surface area contributed by atoms with Crippen molar-refractivity contribution in [3.05, 3.63) is 30.3 Å². The molecule has 0 spiro atoms. The fraction of sp³-hybridized carbons (Fsp3) is 0.588. The van der Waals surface area contributed by atoms with Crippen molar-refractivity contribution >= 4 is 5.97 Å². The number of benzene rings is 1. The highest BCUT2D eigenvalue weighted by molar-refractivity contribution is 5.68. The summed E-state index contributed by atoms with van der Waals surface area (Å²) in [5.74, 6) is 0.162. The van der Waals surface area contributed by atoms with Crippen molar-refractivity contribution in [1.82, 2.24) is 4.90 Å². The lowest BCUT2D eigenvalue weighted by Crippen LogP contribution is -2.50. The first kappa shape index (κ1) is 15.8. The van der Waals surface area contributed by atoms with Gasteiger partial charge in [-0.15, -0.1) is 0 Å². The Balaban J connectivity index is 1.89. The second-order valence-electron chi connectivity index (χ2n) is 5.94. The molecule has 1 fully saturated rings. The van der Waals surface area contributed by atoms with Crippen LogP contribution in [0.4, 0.5) is 0 Å². The Morgan fingerprint density at radius 2 is 1.90 bits per heavy atom. The lowest BCUT2D eigenvalue weighted by atomic mass is 9.78. The lowest BCUT2D eigenvalue weighted by molar-refractivity contribution is -0.141. The summed E-state index contributed by atoms with van der Waals surface area (Å²) in [5.41, 5.74) is -0.190. The van der Waals surface area contributed by atoms with E-state index in [0.717, 1.165) is 38.0 Å². The molecule has 4 heteroatoms. The van der Waals surface area contributed by atoms with Crippen LogP contribution in [0.15, 0.2) is 30.3 Å². The molecule has 116 valence electrons. The third kappa shape index (κ3) is 4.46. The van der Waals surface area contributed by atoms with E-state index in [1.807, 2.05) is 37.4 Å². The molecule has 0 bridgehead atoms. The minimum Gasteiger partial charge on any atom is -0.492 e. The predicted octanol–water partition coefficient (Wildman–Crippen LogP) is 3.17. The molecule has 0 amide bonds. The van der Waals surface area contributed by atoms with E-state index in [9.17, 15) is 9.90 Å².